The molecule has 2 atom stereocenters. The number of morpholine rings is 1. The maximum atomic E-state index is 5.92. The van der Waals surface area contributed by atoms with Gasteiger partial charge in [-0.2, -0.15) is 0 Å². The molecule has 4 nitrogen and oxygen atoms in total. The topological polar surface area (TPSA) is 51.4 Å². The number of anilines is 1. The molecule has 0 spiro atoms. The van der Waals surface area contributed by atoms with Gasteiger partial charge in [0, 0.05) is 29.9 Å². The highest BCUT2D eigenvalue weighted by atomic mass is 16.5. The molecule has 1 aromatic rings. The van der Waals surface area contributed by atoms with E-state index in [1.807, 2.05) is 18.3 Å². The lowest BCUT2D eigenvalue weighted by Crippen LogP contribution is -2.53. The molecule has 1 aliphatic rings. The second-order valence-electron chi connectivity index (χ2n) is 6.01. The molecule has 0 unspecified atom stereocenters. The fourth-order valence-electron chi connectivity index (χ4n) is 2.50. The van der Waals surface area contributed by atoms with Crippen LogP contribution in [0.25, 0.3) is 0 Å². The van der Waals surface area contributed by atoms with E-state index in [4.69, 9.17) is 10.5 Å². The minimum absolute atomic E-state index is 0.0912. The number of aromatic nitrogens is 1. The molecule has 1 aliphatic heterocycles. The molecule has 18 heavy (non-hydrogen) atoms. The van der Waals surface area contributed by atoms with E-state index in [0.717, 1.165) is 18.7 Å². The summed E-state index contributed by atoms with van der Waals surface area (Å²) in [4.78, 5) is 6.62. The van der Waals surface area contributed by atoms with Crippen molar-refractivity contribution in [1.82, 2.24) is 9.88 Å². The third-order valence-electron chi connectivity index (χ3n) is 3.48. The largest absolute Gasteiger partial charge is 0.384 e. The maximum Gasteiger partial charge on any atom is 0.123 e. The van der Waals surface area contributed by atoms with Gasteiger partial charge >= 0.3 is 0 Å². The molecular weight excluding hydrogens is 226 g/mol. The molecule has 0 bridgehead atoms. The molecule has 2 heterocycles. The molecule has 100 valence electrons. The molecule has 0 aromatic carbocycles. The monoisotopic (exact) mass is 249 g/mol. The van der Waals surface area contributed by atoms with Crippen molar-refractivity contribution in [2.24, 2.45) is 0 Å². The first-order valence-electron chi connectivity index (χ1n) is 6.47. The lowest BCUT2D eigenvalue weighted by atomic mass is 9.99. The van der Waals surface area contributed by atoms with Gasteiger partial charge in [0.15, 0.2) is 0 Å². The van der Waals surface area contributed by atoms with Crippen LogP contribution in [0.2, 0.25) is 0 Å². The number of hydrogen-bond donors (Lipinski definition) is 1. The summed E-state index contributed by atoms with van der Waals surface area (Å²) in [6, 6.07) is 4.28. The Kier molecular flexibility index (Phi) is 3.59. The zero-order chi connectivity index (χ0) is 13.3. The predicted molar refractivity (Wildman–Crippen MR) is 73.3 cm³/mol. The summed E-state index contributed by atoms with van der Waals surface area (Å²) >= 11 is 0. The van der Waals surface area contributed by atoms with Crippen molar-refractivity contribution in [3.05, 3.63) is 23.9 Å². The van der Waals surface area contributed by atoms with Crippen molar-refractivity contribution >= 4 is 5.82 Å². The number of hydrogen-bond acceptors (Lipinski definition) is 4. The number of rotatable bonds is 1. The van der Waals surface area contributed by atoms with E-state index in [1.54, 1.807) is 0 Å². The first-order valence-corrected chi connectivity index (χ1v) is 6.47. The van der Waals surface area contributed by atoms with Crippen molar-refractivity contribution < 1.29 is 4.74 Å². The van der Waals surface area contributed by atoms with Crippen molar-refractivity contribution in [3.63, 3.8) is 0 Å². The van der Waals surface area contributed by atoms with Gasteiger partial charge in [-0.1, -0.05) is 6.07 Å². The fourth-order valence-corrected chi connectivity index (χ4v) is 2.50. The highest BCUT2D eigenvalue weighted by Crippen LogP contribution is 2.29. The fraction of sp³-hybridized carbons (Fsp3) is 0.643. The van der Waals surface area contributed by atoms with Gasteiger partial charge in [0.05, 0.1) is 12.7 Å². The molecule has 1 fully saturated rings. The van der Waals surface area contributed by atoms with E-state index in [0.29, 0.717) is 11.9 Å². The predicted octanol–water partition coefficient (Wildman–Crippen LogP) is 2.22. The Morgan fingerprint density at radius 2 is 2.11 bits per heavy atom. The number of nitrogens with two attached hydrogens (primary N) is 1. The Balaban J connectivity index is 2.14. The molecule has 0 radical (unpaired) electrons. The summed E-state index contributed by atoms with van der Waals surface area (Å²) in [5.74, 6) is 0.551. The van der Waals surface area contributed by atoms with Gasteiger partial charge in [-0.25, -0.2) is 4.98 Å². The lowest BCUT2D eigenvalue weighted by Gasteiger charge is -2.45. The summed E-state index contributed by atoms with van der Waals surface area (Å²) in [6.07, 6.45) is 1.91. The summed E-state index contributed by atoms with van der Waals surface area (Å²) in [6.45, 7) is 10.6. The Morgan fingerprint density at radius 3 is 2.67 bits per heavy atom. The summed E-state index contributed by atoms with van der Waals surface area (Å²) < 4.78 is 5.92. The summed E-state index contributed by atoms with van der Waals surface area (Å²) in [5, 5.41) is 0. The van der Waals surface area contributed by atoms with Gasteiger partial charge in [-0.15, -0.1) is 0 Å². The van der Waals surface area contributed by atoms with E-state index >= 15 is 0 Å². The van der Waals surface area contributed by atoms with Gasteiger partial charge in [-0.05, 0) is 33.8 Å². The molecule has 0 saturated carbocycles. The molecule has 0 aliphatic carbocycles. The summed E-state index contributed by atoms with van der Waals surface area (Å²) in [7, 11) is 0. The van der Waals surface area contributed by atoms with Gasteiger partial charge in [0.25, 0.3) is 0 Å². The third kappa shape index (κ3) is 2.82. The number of pyridine rings is 1. The van der Waals surface area contributed by atoms with Crippen LogP contribution in [0.4, 0.5) is 5.82 Å². The quantitative estimate of drug-likeness (QED) is 0.829. The van der Waals surface area contributed by atoms with Gasteiger partial charge in [-0.3, -0.25) is 4.90 Å². The van der Waals surface area contributed by atoms with Gasteiger partial charge in [0.1, 0.15) is 5.82 Å². The first-order chi connectivity index (χ1) is 8.38. The molecular formula is C14H23N3O. The maximum absolute atomic E-state index is 5.92. The highest BCUT2D eigenvalue weighted by Gasteiger charge is 2.33. The van der Waals surface area contributed by atoms with Crippen LogP contribution in [0.5, 0.6) is 0 Å². The zero-order valence-electron chi connectivity index (χ0n) is 11.7. The van der Waals surface area contributed by atoms with E-state index in [2.05, 4.69) is 37.6 Å². The minimum atomic E-state index is 0.0912. The molecule has 2 rings (SSSR count). The number of nitrogen functional groups attached to an aromatic ring is 1. The minimum Gasteiger partial charge on any atom is -0.384 e. The highest BCUT2D eigenvalue weighted by molar-refractivity contribution is 5.30. The van der Waals surface area contributed by atoms with Crippen molar-refractivity contribution in [2.75, 3.05) is 18.9 Å². The molecule has 0 amide bonds. The molecule has 1 saturated heterocycles. The van der Waals surface area contributed by atoms with Crippen LogP contribution >= 0.6 is 0 Å². The zero-order valence-corrected chi connectivity index (χ0v) is 11.7. The van der Waals surface area contributed by atoms with Crippen LogP contribution < -0.4 is 5.73 Å². The smallest absolute Gasteiger partial charge is 0.123 e. The van der Waals surface area contributed by atoms with Crippen LogP contribution in [0, 0.1) is 0 Å². The Labute approximate surface area is 109 Å². The van der Waals surface area contributed by atoms with E-state index in [9.17, 15) is 0 Å². The Bertz CT molecular complexity index is 396. The number of ether oxygens (including phenoxy) is 1. The number of nitrogens with zero attached hydrogens (tertiary/aromatic N) is 2. The van der Waals surface area contributed by atoms with E-state index in [-0.39, 0.29) is 11.6 Å². The average molecular weight is 249 g/mol. The first kappa shape index (κ1) is 13.3. The van der Waals surface area contributed by atoms with Crippen molar-refractivity contribution in [1.29, 1.82) is 0 Å². The van der Waals surface area contributed by atoms with E-state index < -0.39 is 0 Å². The van der Waals surface area contributed by atoms with Crippen molar-refractivity contribution in [2.45, 2.75) is 45.4 Å². The normalized spacial score (nSPS) is 26.2. The van der Waals surface area contributed by atoms with Crippen molar-refractivity contribution in [3.8, 4) is 0 Å². The third-order valence-corrected chi connectivity index (χ3v) is 3.48. The average Bonchev–Trinajstić information content (AvgIpc) is 2.29. The van der Waals surface area contributed by atoms with Gasteiger partial charge < -0.3 is 10.5 Å². The molecule has 2 N–H and O–H groups in total. The summed E-state index contributed by atoms with van der Waals surface area (Å²) in [5.41, 5.74) is 6.87. The van der Waals surface area contributed by atoms with Crippen LogP contribution in [-0.4, -0.2) is 34.6 Å². The molecule has 1 aromatic heterocycles. The van der Waals surface area contributed by atoms with Crippen LogP contribution in [0.15, 0.2) is 18.3 Å². The van der Waals surface area contributed by atoms with E-state index in [1.165, 1.54) is 0 Å². The van der Waals surface area contributed by atoms with Crippen LogP contribution in [0.1, 0.15) is 39.4 Å². The second kappa shape index (κ2) is 4.86. The lowest BCUT2D eigenvalue weighted by molar-refractivity contribution is -0.0911. The second-order valence-corrected chi connectivity index (χ2v) is 6.01. The Hall–Kier alpha value is -1.13. The Morgan fingerprint density at radius 1 is 1.39 bits per heavy atom. The SMILES string of the molecule is C[C@H]1CO[C@@H](c2ccc(N)nc2)CN1C(C)(C)C. The standard InChI is InChI=1S/C14H23N3O/c1-10-9-18-12(8-17(10)14(2,3)4)11-5-6-13(15)16-7-11/h5-7,10,12H,8-9H2,1-4H3,(H2,15,16)/t10-,12+/m0/s1. The van der Waals surface area contributed by atoms with Gasteiger partial charge in [0.2, 0.25) is 0 Å². The van der Waals surface area contributed by atoms with Crippen LogP contribution in [0.3, 0.4) is 0 Å². The molecule has 4 heteroatoms. The van der Waals surface area contributed by atoms with Crippen LogP contribution in [-0.2, 0) is 4.74 Å².